The molecule has 116 valence electrons. The van der Waals surface area contributed by atoms with Gasteiger partial charge in [0.1, 0.15) is 0 Å². The van der Waals surface area contributed by atoms with Crippen molar-refractivity contribution in [2.45, 2.75) is 25.7 Å². The Bertz CT molecular complexity index is 602. The number of nitrogens with one attached hydrogen (secondary N) is 2. The fourth-order valence-corrected chi connectivity index (χ4v) is 3.39. The number of amides is 2. The Morgan fingerprint density at radius 2 is 1.64 bits per heavy atom. The van der Waals surface area contributed by atoms with Crippen LogP contribution in [0, 0.1) is 27.9 Å². The molecular formula is C15H17N3O4. The molecule has 1 aromatic carbocycles. The molecule has 2 aliphatic carbocycles. The van der Waals surface area contributed by atoms with E-state index in [1.807, 2.05) is 0 Å². The summed E-state index contributed by atoms with van der Waals surface area (Å²) < 4.78 is 0. The Hall–Kier alpha value is -2.44. The third-order valence-electron chi connectivity index (χ3n) is 4.60. The number of rotatable bonds is 3. The molecule has 2 amide bonds. The highest BCUT2D eigenvalue weighted by molar-refractivity contribution is 5.96. The fourth-order valence-electron chi connectivity index (χ4n) is 3.39. The van der Waals surface area contributed by atoms with Crippen molar-refractivity contribution in [1.29, 1.82) is 0 Å². The van der Waals surface area contributed by atoms with E-state index < -0.39 is 10.8 Å². The second-order valence-electron chi connectivity index (χ2n) is 5.89. The molecule has 0 spiro atoms. The zero-order valence-electron chi connectivity index (χ0n) is 12.0. The lowest BCUT2D eigenvalue weighted by Gasteiger charge is -2.07. The summed E-state index contributed by atoms with van der Waals surface area (Å²) in [5.74, 6) is 0.369. The normalized spacial score (nSPS) is 25.7. The molecule has 2 saturated carbocycles. The Morgan fingerprint density at radius 1 is 1.05 bits per heavy atom. The summed E-state index contributed by atoms with van der Waals surface area (Å²) >= 11 is 0. The molecule has 3 rings (SSSR count). The molecule has 0 saturated heterocycles. The first kappa shape index (κ1) is 14.5. The van der Waals surface area contributed by atoms with Gasteiger partial charge in [-0.25, -0.2) is 0 Å². The number of non-ortho nitro benzene ring substituents is 1. The first-order valence-electron chi connectivity index (χ1n) is 7.42. The molecule has 7 nitrogen and oxygen atoms in total. The second-order valence-corrected chi connectivity index (χ2v) is 5.89. The maximum atomic E-state index is 12.0. The summed E-state index contributed by atoms with van der Waals surface area (Å²) in [6.07, 6.45) is 4.55. The van der Waals surface area contributed by atoms with E-state index in [0.29, 0.717) is 11.8 Å². The number of nitrogens with zero attached hydrogens (tertiary/aromatic N) is 1. The number of hydrogen-bond donors (Lipinski definition) is 2. The number of benzene rings is 1. The highest BCUT2D eigenvalue weighted by Crippen LogP contribution is 2.55. The molecule has 2 N–H and O–H groups in total. The van der Waals surface area contributed by atoms with Gasteiger partial charge in [-0.1, -0.05) is 12.8 Å². The van der Waals surface area contributed by atoms with Crippen molar-refractivity contribution >= 4 is 17.5 Å². The van der Waals surface area contributed by atoms with Crippen LogP contribution in [0.4, 0.5) is 5.69 Å². The molecule has 7 heteroatoms. The van der Waals surface area contributed by atoms with Gasteiger partial charge in [0.25, 0.3) is 11.6 Å². The molecule has 0 aliphatic heterocycles. The van der Waals surface area contributed by atoms with E-state index in [1.165, 1.54) is 37.1 Å². The molecule has 0 aromatic heterocycles. The van der Waals surface area contributed by atoms with Crippen LogP contribution in [0.3, 0.4) is 0 Å². The van der Waals surface area contributed by atoms with E-state index in [1.54, 1.807) is 0 Å². The number of nitro groups is 1. The van der Waals surface area contributed by atoms with Crippen molar-refractivity contribution in [3.8, 4) is 0 Å². The lowest BCUT2D eigenvalue weighted by molar-refractivity contribution is -0.384. The van der Waals surface area contributed by atoms with Crippen LogP contribution in [0.5, 0.6) is 0 Å². The molecule has 1 unspecified atom stereocenters. The van der Waals surface area contributed by atoms with Crippen LogP contribution >= 0.6 is 0 Å². The van der Waals surface area contributed by atoms with Gasteiger partial charge in [0.15, 0.2) is 0 Å². The summed E-state index contributed by atoms with van der Waals surface area (Å²) in [4.78, 5) is 33.9. The van der Waals surface area contributed by atoms with E-state index in [9.17, 15) is 19.7 Å². The summed E-state index contributed by atoms with van der Waals surface area (Å²) in [5.41, 5.74) is 5.02. The minimum Gasteiger partial charge on any atom is -0.273 e. The van der Waals surface area contributed by atoms with E-state index in [-0.39, 0.29) is 23.1 Å². The van der Waals surface area contributed by atoms with E-state index >= 15 is 0 Å². The zero-order valence-corrected chi connectivity index (χ0v) is 12.0. The molecular weight excluding hydrogens is 286 g/mol. The number of carbonyl (C=O) groups excluding carboxylic acids is 2. The average molecular weight is 303 g/mol. The third kappa shape index (κ3) is 2.79. The fraction of sp³-hybridized carbons (Fsp3) is 0.467. The minimum atomic E-state index is -0.529. The predicted molar refractivity (Wildman–Crippen MR) is 77.6 cm³/mol. The van der Waals surface area contributed by atoms with Crippen molar-refractivity contribution in [3.63, 3.8) is 0 Å². The number of fused-ring (bicyclic) bond motifs is 1. The van der Waals surface area contributed by atoms with Crippen molar-refractivity contribution in [3.05, 3.63) is 39.9 Å². The molecule has 22 heavy (non-hydrogen) atoms. The number of carbonyl (C=O) groups is 2. The Balaban J connectivity index is 1.52. The standard InChI is InChI=1S/C15H17N3O4/c19-14(9-5-7-10(8-6-9)18(21)22)16-17-15(20)13-11-3-1-2-4-12(11)13/h5-8,11-13H,1-4H2,(H,16,19)(H,17,20)/t11-,12+,13?. The monoisotopic (exact) mass is 303 g/mol. The topological polar surface area (TPSA) is 101 Å². The lowest BCUT2D eigenvalue weighted by atomic mass is 10.0. The second kappa shape index (κ2) is 5.75. The first-order valence-corrected chi connectivity index (χ1v) is 7.42. The van der Waals surface area contributed by atoms with Gasteiger partial charge in [-0.15, -0.1) is 0 Å². The predicted octanol–water partition coefficient (Wildman–Crippen LogP) is 1.79. The van der Waals surface area contributed by atoms with Gasteiger partial charge in [-0.2, -0.15) is 0 Å². The Labute approximate surface area is 127 Å². The highest BCUT2D eigenvalue weighted by Gasteiger charge is 2.54. The average Bonchev–Trinajstić information content (AvgIpc) is 3.27. The van der Waals surface area contributed by atoms with Gasteiger partial charge < -0.3 is 0 Å². The number of nitro benzene ring substituents is 1. The summed E-state index contributed by atoms with van der Waals surface area (Å²) in [6, 6.07) is 5.23. The molecule has 2 aliphatic rings. The van der Waals surface area contributed by atoms with Crippen molar-refractivity contribution in [2.75, 3.05) is 0 Å². The quantitative estimate of drug-likeness (QED) is 0.656. The maximum absolute atomic E-state index is 12.0. The van der Waals surface area contributed by atoms with Crippen LogP contribution in [0.2, 0.25) is 0 Å². The third-order valence-corrected chi connectivity index (χ3v) is 4.60. The lowest BCUT2D eigenvalue weighted by Crippen LogP contribution is -2.42. The molecule has 0 radical (unpaired) electrons. The zero-order chi connectivity index (χ0) is 15.7. The van der Waals surface area contributed by atoms with Gasteiger partial charge >= 0.3 is 0 Å². The molecule has 0 heterocycles. The smallest absolute Gasteiger partial charge is 0.269 e. The minimum absolute atomic E-state index is 0.0275. The molecule has 0 bridgehead atoms. The van der Waals surface area contributed by atoms with Crippen LogP contribution in [-0.2, 0) is 4.79 Å². The first-order chi connectivity index (χ1) is 10.6. The Morgan fingerprint density at radius 3 is 2.18 bits per heavy atom. The van der Waals surface area contributed by atoms with E-state index in [2.05, 4.69) is 10.9 Å². The van der Waals surface area contributed by atoms with Gasteiger partial charge in [0.2, 0.25) is 5.91 Å². The molecule has 2 fully saturated rings. The van der Waals surface area contributed by atoms with Crippen molar-refractivity contribution in [2.24, 2.45) is 17.8 Å². The van der Waals surface area contributed by atoms with E-state index in [4.69, 9.17) is 0 Å². The number of hydrogen-bond acceptors (Lipinski definition) is 4. The summed E-state index contributed by atoms with van der Waals surface area (Å²) in [5, 5.41) is 10.6. The van der Waals surface area contributed by atoms with Crippen LogP contribution in [0.15, 0.2) is 24.3 Å². The maximum Gasteiger partial charge on any atom is 0.269 e. The van der Waals surface area contributed by atoms with Gasteiger partial charge in [-0.3, -0.25) is 30.6 Å². The van der Waals surface area contributed by atoms with Gasteiger partial charge in [0, 0.05) is 23.6 Å². The number of hydrazine groups is 1. The van der Waals surface area contributed by atoms with Crippen LogP contribution in [0.1, 0.15) is 36.0 Å². The van der Waals surface area contributed by atoms with Crippen LogP contribution in [0.25, 0.3) is 0 Å². The largest absolute Gasteiger partial charge is 0.273 e. The van der Waals surface area contributed by atoms with Gasteiger partial charge in [0.05, 0.1) is 4.92 Å². The summed E-state index contributed by atoms with van der Waals surface area (Å²) in [6.45, 7) is 0. The molecule has 3 atom stereocenters. The van der Waals surface area contributed by atoms with Crippen LogP contribution in [-0.4, -0.2) is 16.7 Å². The SMILES string of the molecule is O=C(NNC(=O)C1[C@H]2CCCC[C@@H]12)c1ccc([N+](=O)[O-])cc1. The Kier molecular flexibility index (Phi) is 3.79. The van der Waals surface area contributed by atoms with E-state index in [0.717, 1.165) is 12.8 Å². The van der Waals surface area contributed by atoms with Crippen LogP contribution < -0.4 is 10.9 Å². The summed E-state index contributed by atoms with van der Waals surface area (Å²) in [7, 11) is 0. The highest BCUT2D eigenvalue weighted by atomic mass is 16.6. The van der Waals surface area contributed by atoms with Crippen molar-refractivity contribution in [1.82, 2.24) is 10.9 Å². The van der Waals surface area contributed by atoms with Gasteiger partial charge in [-0.05, 0) is 36.8 Å². The van der Waals surface area contributed by atoms with Crippen molar-refractivity contribution < 1.29 is 14.5 Å². The molecule has 1 aromatic rings.